The molecule has 0 aromatic heterocycles. The lowest BCUT2D eigenvalue weighted by Crippen LogP contribution is -2.11. The molecule has 0 aliphatic carbocycles. The van der Waals surface area contributed by atoms with Gasteiger partial charge in [0, 0.05) is 16.7 Å². The van der Waals surface area contributed by atoms with Crippen molar-refractivity contribution in [3.05, 3.63) is 53.0 Å². The molecule has 1 N–H and O–H groups in total. The van der Waals surface area contributed by atoms with Crippen molar-refractivity contribution in [3.63, 3.8) is 0 Å². The van der Waals surface area contributed by atoms with Gasteiger partial charge in [0.1, 0.15) is 18.1 Å². The quantitative estimate of drug-likeness (QED) is 0.699. The summed E-state index contributed by atoms with van der Waals surface area (Å²) in [6, 6.07) is 15.8. The first kappa shape index (κ1) is 15.7. The van der Waals surface area contributed by atoms with E-state index < -0.39 is 0 Å². The number of anilines is 1. The van der Waals surface area contributed by atoms with E-state index in [1.165, 1.54) is 0 Å². The summed E-state index contributed by atoms with van der Waals surface area (Å²) >= 11 is 3.40. The van der Waals surface area contributed by atoms with Gasteiger partial charge in [-0.3, -0.25) is 0 Å². The summed E-state index contributed by atoms with van der Waals surface area (Å²) < 4.78 is 12.3. The standard InChI is InChI=1S/C17H20BrNO2/c1-2-12-20-17-9-5-15(6-10-17)19-11-13-21-16-7-3-14(18)4-8-16/h3-10,19H,2,11-13H2,1H3. The van der Waals surface area contributed by atoms with Gasteiger partial charge in [0.25, 0.3) is 0 Å². The molecule has 3 nitrogen and oxygen atoms in total. The van der Waals surface area contributed by atoms with Gasteiger partial charge >= 0.3 is 0 Å². The van der Waals surface area contributed by atoms with E-state index in [1.807, 2.05) is 48.5 Å². The third-order valence-electron chi connectivity index (χ3n) is 2.84. The van der Waals surface area contributed by atoms with Crippen LogP contribution in [0.25, 0.3) is 0 Å². The molecule has 21 heavy (non-hydrogen) atoms. The van der Waals surface area contributed by atoms with E-state index in [0.29, 0.717) is 6.61 Å². The van der Waals surface area contributed by atoms with Crippen LogP contribution in [0.2, 0.25) is 0 Å². The molecule has 0 saturated carbocycles. The van der Waals surface area contributed by atoms with E-state index in [4.69, 9.17) is 9.47 Å². The number of halogens is 1. The molecule has 2 aromatic rings. The summed E-state index contributed by atoms with van der Waals surface area (Å²) in [5.41, 5.74) is 1.07. The molecular formula is C17H20BrNO2. The van der Waals surface area contributed by atoms with Crippen molar-refractivity contribution in [2.24, 2.45) is 0 Å². The minimum Gasteiger partial charge on any atom is -0.494 e. The van der Waals surface area contributed by atoms with Crippen LogP contribution in [0.15, 0.2) is 53.0 Å². The largest absolute Gasteiger partial charge is 0.494 e. The molecule has 0 amide bonds. The number of ether oxygens (including phenoxy) is 2. The number of nitrogens with one attached hydrogen (secondary N) is 1. The van der Waals surface area contributed by atoms with Crippen LogP contribution in [-0.4, -0.2) is 19.8 Å². The molecule has 0 aliphatic rings. The first-order valence-corrected chi connectivity index (χ1v) is 7.92. The Kier molecular flexibility index (Phi) is 6.41. The fourth-order valence-electron chi connectivity index (χ4n) is 1.78. The van der Waals surface area contributed by atoms with Crippen LogP contribution in [0.1, 0.15) is 13.3 Å². The average Bonchev–Trinajstić information content (AvgIpc) is 2.52. The minimum atomic E-state index is 0.621. The average molecular weight is 350 g/mol. The Morgan fingerprint density at radius 1 is 0.857 bits per heavy atom. The Morgan fingerprint density at radius 2 is 1.43 bits per heavy atom. The molecule has 0 atom stereocenters. The first-order chi connectivity index (χ1) is 10.3. The Labute approximate surface area is 134 Å². The third kappa shape index (κ3) is 5.68. The number of hydrogen-bond acceptors (Lipinski definition) is 3. The molecule has 4 heteroatoms. The van der Waals surface area contributed by atoms with Crippen molar-refractivity contribution in [1.29, 1.82) is 0 Å². The molecule has 0 aliphatic heterocycles. The molecule has 0 spiro atoms. The fourth-order valence-corrected chi connectivity index (χ4v) is 2.05. The number of rotatable bonds is 8. The second kappa shape index (κ2) is 8.57. The van der Waals surface area contributed by atoms with Gasteiger partial charge in [-0.05, 0) is 55.0 Å². The Hall–Kier alpha value is -1.68. The van der Waals surface area contributed by atoms with E-state index in [9.17, 15) is 0 Å². The smallest absolute Gasteiger partial charge is 0.119 e. The zero-order valence-corrected chi connectivity index (χ0v) is 13.7. The Bertz CT molecular complexity index is 525. The lowest BCUT2D eigenvalue weighted by Gasteiger charge is -2.10. The number of benzene rings is 2. The maximum atomic E-state index is 5.65. The van der Waals surface area contributed by atoms with Gasteiger partial charge in [0.15, 0.2) is 0 Å². The van der Waals surface area contributed by atoms with Crippen LogP contribution in [-0.2, 0) is 0 Å². The van der Waals surface area contributed by atoms with Crippen LogP contribution >= 0.6 is 15.9 Å². The first-order valence-electron chi connectivity index (χ1n) is 7.13. The van der Waals surface area contributed by atoms with Crippen molar-refractivity contribution in [1.82, 2.24) is 0 Å². The van der Waals surface area contributed by atoms with E-state index >= 15 is 0 Å². The molecule has 0 radical (unpaired) electrons. The van der Waals surface area contributed by atoms with Crippen molar-refractivity contribution in [2.75, 3.05) is 25.1 Å². The van der Waals surface area contributed by atoms with E-state index in [1.54, 1.807) is 0 Å². The Balaban J connectivity index is 1.69. The zero-order chi connectivity index (χ0) is 14.9. The van der Waals surface area contributed by atoms with Crippen LogP contribution in [0.4, 0.5) is 5.69 Å². The molecule has 112 valence electrons. The summed E-state index contributed by atoms with van der Waals surface area (Å²) in [7, 11) is 0. The van der Waals surface area contributed by atoms with Gasteiger partial charge in [-0.2, -0.15) is 0 Å². The van der Waals surface area contributed by atoms with E-state index in [2.05, 4.69) is 28.2 Å². The molecule has 0 bridgehead atoms. The maximum Gasteiger partial charge on any atom is 0.119 e. The van der Waals surface area contributed by atoms with E-state index in [-0.39, 0.29) is 0 Å². The van der Waals surface area contributed by atoms with Crippen molar-refractivity contribution in [2.45, 2.75) is 13.3 Å². The van der Waals surface area contributed by atoms with Crippen LogP contribution in [0.5, 0.6) is 11.5 Å². The number of hydrogen-bond donors (Lipinski definition) is 1. The molecule has 2 aromatic carbocycles. The molecule has 0 heterocycles. The highest BCUT2D eigenvalue weighted by Gasteiger charge is 1.96. The van der Waals surface area contributed by atoms with Crippen molar-refractivity contribution >= 4 is 21.6 Å². The van der Waals surface area contributed by atoms with Crippen LogP contribution in [0.3, 0.4) is 0 Å². The van der Waals surface area contributed by atoms with Gasteiger partial charge in [-0.1, -0.05) is 22.9 Å². The van der Waals surface area contributed by atoms with Crippen molar-refractivity contribution in [3.8, 4) is 11.5 Å². The van der Waals surface area contributed by atoms with Crippen LogP contribution in [0, 0.1) is 0 Å². The summed E-state index contributed by atoms with van der Waals surface area (Å²) in [5.74, 6) is 1.79. The lowest BCUT2D eigenvalue weighted by atomic mass is 10.3. The summed E-state index contributed by atoms with van der Waals surface area (Å²) in [5, 5.41) is 3.32. The highest BCUT2D eigenvalue weighted by Crippen LogP contribution is 2.17. The lowest BCUT2D eigenvalue weighted by molar-refractivity contribution is 0.317. The topological polar surface area (TPSA) is 30.5 Å². The third-order valence-corrected chi connectivity index (χ3v) is 3.37. The monoisotopic (exact) mass is 349 g/mol. The molecule has 2 rings (SSSR count). The molecule has 0 fully saturated rings. The summed E-state index contributed by atoms with van der Waals surface area (Å²) in [4.78, 5) is 0. The van der Waals surface area contributed by atoms with Crippen molar-refractivity contribution < 1.29 is 9.47 Å². The maximum absolute atomic E-state index is 5.65. The van der Waals surface area contributed by atoms with Gasteiger partial charge in [-0.15, -0.1) is 0 Å². The van der Waals surface area contributed by atoms with Crippen LogP contribution < -0.4 is 14.8 Å². The predicted molar refractivity (Wildman–Crippen MR) is 90.4 cm³/mol. The highest BCUT2D eigenvalue weighted by molar-refractivity contribution is 9.10. The second-order valence-electron chi connectivity index (χ2n) is 4.60. The summed E-state index contributed by atoms with van der Waals surface area (Å²) in [6.45, 7) is 4.23. The summed E-state index contributed by atoms with van der Waals surface area (Å²) in [6.07, 6.45) is 1.02. The van der Waals surface area contributed by atoms with Gasteiger partial charge in [0.2, 0.25) is 0 Å². The minimum absolute atomic E-state index is 0.621. The fraction of sp³-hybridized carbons (Fsp3) is 0.294. The van der Waals surface area contributed by atoms with Gasteiger partial charge in [-0.25, -0.2) is 0 Å². The molecule has 0 unspecified atom stereocenters. The normalized spacial score (nSPS) is 10.2. The van der Waals surface area contributed by atoms with E-state index in [0.717, 1.165) is 41.2 Å². The second-order valence-corrected chi connectivity index (χ2v) is 5.52. The van der Waals surface area contributed by atoms with Gasteiger partial charge < -0.3 is 14.8 Å². The highest BCUT2D eigenvalue weighted by atomic mass is 79.9. The SMILES string of the molecule is CCCOc1ccc(NCCOc2ccc(Br)cc2)cc1. The predicted octanol–water partition coefficient (Wildman–Crippen LogP) is 4.73. The van der Waals surface area contributed by atoms with Gasteiger partial charge in [0.05, 0.1) is 6.61 Å². The Morgan fingerprint density at radius 3 is 2.05 bits per heavy atom. The molecule has 0 saturated heterocycles. The molecular weight excluding hydrogens is 330 g/mol. The zero-order valence-electron chi connectivity index (χ0n) is 12.1.